The highest BCUT2D eigenvalue weighted by Gasteiger charge is 2.38. The van der Waals surface area contributed by atoms with Crippen molar-refractivity contribution in [1.82, 2.24) is 14.3 Å². The molecule has 6 nitrogen and oxygen atoms in total. The number of nitrogens with zero attached hydrogens (tertiary/aromatic N) is 3. The van der Waals surface area contributed by atoms with E-state index in [9.17, 15) is 9.59 Å². The van der Waals surface area contributed by atoms with Crippen molar-refractivity contribution in [2.24, 2.45) is 0 Å². The monoisotopic (exact) mass is 468 g/mol. The lowest BCUT2D eigenvalue weighted by molar-refractivity contribution is -0.123. The maximum absolute atomic E-state index is 13.5. The zero-order valence-electron chi connectivity index (χ0n) is 18.3. The molecule has 0 spiro atoms. The number of anilines is 1. The van der Waals surface area contributed by atoms with Crippen LogP contribution in [0.5, 0.6) is 0 Å². The molecule has 168 valence electrons. The van der Waals surface area contributed by atoms with Gasteiger partial charge in [-0.3, -0.25) is 18.9 Å². The SMILES string of the molecule is Cc1ccc2nc(NC3CCCCC3)c(/C=C3/SC(=S)N(C4CCCC4)C3=O)c(=O)n2c1. The van der Waals surface area contributed by atoms with Gasteiger partial charge >= 0.3 is 0 Å². The van der Waals surface area contributed by atoms with E-state index in [4.69, 9.17) is 17.2 Å². The molecule has 5 rings (SSSR count). The summed E-state index contributed by atoms with van der Waals surface area (Å²) in [7, 11) is 0. The van der Waals surface area contributed by atoms with Crippen LogP contribution in [0.1, 0.15) is 68.9 Å². The van der Waals surface area contributed by atoms with Gasteiger partial charge in [-0.05, 0) is 50.3 Å². The lowest BCUT2D eigenvalue weighted by Crippen LogP contribution is -2.36. The maximum Gasteiger partial charge on any atom is 0.267 e. The Bertz CT molecular complexity index is 1160. The number of nitrogens with one attached hydrogen (secondary N) is 1. The fraction of sp³-hybridized carbons (Fsp3) is 0.500. The number of hydrogen-bond donors (Lipinski definition) is 1. The van der Waals surface area contributed by atoms with Crippen molar-refractivity contribution in [2.75, 3.05) is 5.32 Å². The number of rotatable bonds is 4. The number of carbonyl (C=O) groups is 1. The van der Waals surface area contributed by atoms with Crippen LogP contribution in [-0.4, -0.2) is 36.6 Å². The van der Waals surface area contributed by atoms with Gasteiger partial charge in [0, 0.05) is 18.3 Å². The van der Waals surface area contributed by atoms with Gasteiger partial charge in [-0.1, -0.05) is 62.2 Å². The quantitative estimate of drug-likeness (QED) is 0.509. The van der Waals surface area contributed by atoms with Crippen molar-refractivity contribution in [3.8, 4) is 0 Å². The highest BCUT2D eigenvalue weighted by Crippen LogP contribution is 2.38. The van der Waals surface area contributed by atoms with E-state index in [1.54, 1.807) is 21.6 Å². The first-order chi connectivity index (χ1) is 15.5. The van der Waals surface area contributed by atoms with Crippen molar-refractivity contribution in [2.45, 2.75) is 76.8 Å². The van der Waals surface area contributed by atoms with Crippen LogP contribution in [-0.2, 0) is 4.79 Å². The molecule has 0 unspecified atom stereocenters. The highest BCUT2D eigenvalue weighted by molar-refractivity contribution is 8.26. The standard InChI is InChI=1S/C24H28N4O2S2/c1-15-11-12-20-26-21(25-16-7-3-2-4-8-16)18(22(29)27(20)14-15)13-19-23(30)28(24(31)32-19)17-9-5-6-10-17/h11-14,16-17,25H,2-10H2,1H3/b19-13+. The average Bonchev–Trinajstić information content (AvgIpc) is 3.40. The number of thiocarbonyl (C=S) groups is 1. The Morgan fingerprint density at radius 2 is 1.81 bits per heavy atom. The summed E-state index contributed by atoms with van der Waals surface area (Å²) in [5.41, 5.74) is 1.86. The maximum atomic E-state index is 13.5. The van der Waals surface area contributed by atoms with Gasteiger partial charge < -0.3 is 5.32 Å². The number of fused-ring (bicyclic) bond motifs is 1. The predicted molar refractivity (Wildman–Crippen MR) is 134 cm³/mol. The Labute approximate surface area is 197 Å². The Morgan fingerprint density at radius 1 is 1.09 bits per heavy atom. The molecule has 2 aromatic heterocycles. The van der Waals surface area contributed by atoms with Crippen molar-refractivity contribution in [3.63, 3.8) is 0 Å². The molecule has 2 aromatic rings. The number of aromatic nitrogens is 2. The molecular formula is C24H28N4O2S2. The molecular weight excluding hydrogens is 440 g/mol. The van der Waals surface area contributed by atoms with Crippen LogP contribution in [0.25, 0.3) is 11.7 Å². The van der Waals surface area contributed by atoms with E-state index in [2.05, 4.69) is 5.32 Å². The summed E-state index contributed by atoms with van der Waals surface area (Å²) in [4.78, 5) is 33.8. The largest absolute Gasteiger partial charge is 0.367 e. The Balaban J connectivity index is 1.57. The van der Waals surface area contributed by atoms with Gasteiger partial charge in [0.15, 0.2) is 0 Å². The number of carbonyl (C=O) groups excluding carboxylic acids is 1. The third-order valence-electron chi connectivity index (χ3n) is 6.74. The normalized spacial score (nSPS) is 21.9. The zero-order chi connectivity index (χ0) is 22.2. The summed E-state index contributed by atoms with van der Waals surface area (Å²) in [6.07, 6.45) is 13.5. The van der Waals surface area contributed by atoms with Crippen LogP contribution in [0.2, 0.25) is 0 Å². The van der Waals surface area contributed by atoms with Crippen LogP contribution >= 0.6 is 24.0 Å². The van der Waals surface area contributed by atoms with E-state index in [-0.39, 0.29) is 17.5 Å². The molecule has 2 aliphatic carbocycles. The van der Waals surface area contributed by atoms with Gasteiger partial charge in [0.1, 0.15) is 15.8 Å². The Kier molecular flexibility index (Phi) is 6.07. The number of amides is 1. The molecule has 2 saturated carbocycles. The average molecular weight is 469 g/mol. The van der Waals surface area contributed by atoms with E-state index < -0.39 is 0 Å². The van der Waals surface area contributed by atoms with Crippen molar-refractivity contribution in [3.05, 3.63) is 44.7 Å². The first kappa shape index (κ1) is 21.6. The second-order valence-corrected chi connectivity index (χ2v) is 10.8. The van der Waals surface area contributed by atoms with Gasteiger partial charge in [0.05, 0.1) is 10.5 Å². The van der Waals surface area contributed by atoms with Crippen LogP contribution in [0.4, 0.5) is 5.82 Å². The summed E-state index contributed by atoms with van der Waals surface area (Å²) in [6, 6.07) is 4.31. The molecule has 8 heteroatoms. The summed E-state index contributed by atoms with van der Waals surface area (Å²) in [5, 5.41) is 3.53. The van der Waals surface area contributed by atoms with Crippen LogP contribution < -0.4 is 10.9 Å². The van der Waals surface area contributed by atoms with Gasteiger partial charge in [-0.25, -0.2) is 4.98 Å². The van der Waals surface area contributed by atoms with Crippen molar-refractivity contribution < 1.29 is 4.79 Å². The number of pyridine rings is 1. The van der Waals surface area contributed by atoms with E-state index in [0.717, 1.165) is 44.1 Å². The molecule has 1 saturated heterocycles. The number of thioether (sulfide) groups is 1. The van der Waals surface area contributed by atoms with Gasteiger partial charge in [-0.15, -0.1) is 0 Å². The van der Waals surface area contributed by atoms with Crippen LogP contribution in [0, 0.1) is 6.92 Å². The lowest BCUT2D eigenvalue weighted by atomic mass is 9.95. The Hall–Kier alpha value is -2.19. The second kappa shape index (κ2) is 8.98. The fourth-order valence-corrected chi connectivity index (χ4v) is 6.41. The molecule has 3 heterocycles. The summed E-state index contributed by atoms with van der Waals surface area (Å²) < 4.78 is 2.17. The molecule has 0 bridgehead atoms. The van der Waals surface area contributed by atoms with E-state index in [0.29, 0.717) is 32.3 Å². The van der Waals surface area contributed by atoms with Gasteiger partial charge in [0.25, 0.3) is 11.5 Å². The fourth-order valence-electron chi connectivity index (χ4n) is 5.03. The minimum atomic E-state index is -0.164. The van der Waals surface area contributed by atoms with Crippen molar-refractivity contribution in [1.29, 1.82) is 0 Å². The van der Waals surface area contributed by atoms with Crippen LogP contribution in [0.15, 0.2) is 28.0 Å². The summed E-state index contributed by atoms with van der Waals surface area (Å²) >= 11 is 6.85. The molecule has 32 heavy (non-hydrogen) atoms. The van der Waals surface area contributed by atoms with E-state index in [1.807, 2.05) is 19.1 Å². The number of aryl methyl sites for hydroxylation is 1. The first-order valence-corrected chi connectivity index (χ1v) is 12.8. The molecule has 1 N–H and O–H groups in total. The smallest absolute Gasteiger partial charge is 0.267 e. The molecule has 0 atom stereocenters. The molecule has 1 aliphatic heterocycles. The summed E-state index contributed by atoms with van der Waals surface area (Å²) in [6.45, 7) is 1.95. The number of hydrogen-bond acceptors (Lipinski definition) is 6. The second-order valence-electron chi connectivity index (χ2n) is 9.08. The lowest BCUT2D eigenvalue weighted by Gasteiger charge is -2.24. The summed E-state index contributed by atoms with van der Waals surface area (Å²) in [5.74, 6) is 0.487. The van der Waals surface area contributed by atoms with E-state index >= 15 is 0 Å². The van der Waals surface area contributed by atoms with Crippen molar-refractivity contribution >= 4 is 51.7 Å². The first-order valence-electron chi connectivity index (χ1n) is 11.6. The molecule has 3 aliphatic rings. The van der Waals surface area contributed by atoms with Gasteiger partial charge in [0.2, 0.25) is 0 Å². The molecule has 1 amide bonds. The third kappa shape index (κ3) is 4.10. The highest BCUT2D eigenvalue weighted by atomic mass is 32.2. The van der Waals surface area contributed by atoms with Gasteiger partial charge in [-0.2, -0.15) is 0 Å². The van der Waals surface area contributed by atoms with E-state index in [1.165, 1.54) is 31.0 Å². The molecule has 0 radical (unpaired) electrons. The molecule has 3 fully saturated rings. The predicted octanol–water partition coefficient (Wildman–Crippen LogP) is 4.89. The zero-order valence-corrected chi connectivity index (χ0v) is 19.9. The third-order valence-corrected chi connectivity index (χ3v) is 8.07. The topological polar surface area (TPSA) is 66.7 Å². The minimum absolute atomic E-state index is 0.0794. The van der Waals surface area contributed by atoms with Crippen LogP contribution in [0.3, 0.4) is 0 Å². The molecule has 0 aromatic carbocycles. The Morgan fingerprint density at radius 3 is 2.56 bits per heavy atom. The minimum Gasteiger partial charge on any atom is -0.367 e.